The summed E-state index contributed by atoms with van der Waals surface area (Å²) in [6.45, 7) is 1.85. The van der Waals surface area contributed by atoms with Crippen molar-refractivity contribution < 1.29 is 4.74 Å². The predicted molar refractivity (Wildman–Crippen MR) is 75.3 cm³/mol. The van der Waals surface area contributed by atoms with Crippen molar-refractivity contribution in [1.82, 2.24) is 9.88 Å². The number of ether oxygens (including phenoxy) is 1. The Hall–Kier alpha value is -1.81. The zero-order valence-electron chi connectivity index (χ0n) is 11.1. The molecule has 0 bridgehead atoms. The van der Waals surface area contributed by atoms with Crippen LogP contribution in [0.3, 0.4) is 0 Å². The normalized spacial score (nSPS) is 10.9. The number of hydrogen-bond acceptors (Lipinski definition) is 4. The number of methoxy groups -OCH3 is 1. The van der Waals surface area contributed by atoms with E-state index in [4.69, 9.17) is 4.74 Å². The first-order valence-electron chi connectivity index (χ1n) is 6.02. The lowest BCUT2D eigenvalue weighted by molar-refractivity contribution is 0.415. The van der Waals surface area contributed by atoms with Gasteiger partial charge in [-0.25, -0.2) is 4.98 Å². The van der Waals surface area contributed by atoms with E-state index in [2.05, 4.69) is 29.3 Å². The quantitative estimate of drug-likeness (QED) is 0.876. The molecule has 4 heteroatoms. The Kier molecular flexibility index (Phi) is 3.99. The van der Waals surface area contributed by atoms with E-state index in [9.17, 15) is 0 Å². The van der Waals surface area contributed by atoms with Crippen molar-refractivity contribution in [2.75, 3.05) is 39.6 Å². The van der Waals surface area contributed by atoms with Crippen molar-refractivity contribution >= 4 is 16.6 Å². The smallest absolute Gasteiger partial charge is 0.133 e. The molecule has 96 valence electrons. The van der Waals surface area contributed by atoms with Crippen LogP contribution < -0.4 is 10.1 Å². The fourth-order valence-electron chi connectivity index (χ4n) is 1.81. The number of nitrogens with zero attached hydrogens (tertiary/aromatic N) is 2. The summed E-state index contributed by atoms with van der Waals surface area (Å²) in [6, 6.07) is 8.03. The highest BCUT2D eigenvalue weighted by Gasteiger charge is 2.03. The summed E-state index contributed by atoms with van der Waals surface area (Å²) in [5.74, 6) is 1.76. The predicted octanol–water partition coefficient (Wildman–Crippen LogP) is 2.22. The standard InChI is InChI=1S/C14H19N3O/c1-17(2)9-8-16-14-13-10-12(18-3)5-4-11(13)6-7-15-14/h4-7,10H,8-9H2,1-3H3,(H,15,16). The molecule has 1 N–H and O–H groups in total. The SMILES string of the molecule is COc1ccc2ccnc(NCCN(C)C)c2c1. The van der Waals surface area contributed by atoms with Crippen molar-refractivity contribution in [2.24, 2.45) is 0 Å². The zero-order valence-corrected chi connectivity index (χ0v) is 11.1. The van der Waals surface area contributed by atoms with Crippen LogP contribution in [0.15, 0.2) is 30.5 Å². The number of pyridine rings is 1. The average Bonchev–Trinajstić information content (AvgIpc) is 2.38. The molecule has 0 aliphatic carbocycles. The van der Waals surface area contributed by atoms with Gasteiger partial charge in [0.15, 0.2) is 0 Å². The van der Waals surface area contributed by atoms with Gasteiger partial charge in [-0.05, 0) is 37.7 Å². The van der Waals surface area contributed by atoms with E-state index in [1.54, 1.807) is 7.11 Å². The number of rotatable bonds is 5. The molecule has 2 aromatic rings. The maximum atomic E-state index is 5.26. The first-order valence-corrected chi connectivity index (χ1v) is 6.02. The molecule has 18 heavy (non-hydrogen) atoms. The molecular weight excluding hydrogens is 226 g/mol. The zero-order chi connectivity index (χ0) is 13.0. The third-order valence-corrected chi connectivity index (χ3v) is 2.82. The lowest BCUT2D eigenvalue weighted by atomic mass is 10.1. The van der Waals surface area contributed by atoms with Gasteiger partial charge in [0, 0.05) is 24.7 Å². The highest BCUT2D eigenvalue weighted by atomic mass is 16.5. The van der Waals surface area contributed by atoms with Crippen LogP contribution in [0.2, 0.25) is 0 Å². The van der Waals surface area contributed by atoms with Gasteiger partial charge in [0.2, 0.25) is 0 Å². The second kappa shape index (κ2) is 5.69. The molecule has 0 aliphatic heterocycles. The van der Waals surface area contributed by atoms with Gasteiger partial charge in [-0.2, -0.15) is 0 Å². The molecule has 0 amide bonds. The van der Waals surface area contributed by atoms with Gasteiger partial charge in [0.1, 0.15) is 11.6 Å². The largest absolute Gasteiger partial charge is 0.497 e. The number of fused-ring (bicyclic) bond motifs is 1. The maximum absolute atomic E-state index is 5.26. The summed E-state index contributed by atoms with van der Waals surface area (Å²) < 4.78 is 5.26. The van der Waals surface area contributed by atoms with Crippen LogP contribution in [0.5, 0.6) is 5.75 Å². The van der Waals surface area contributed by atoms with Crippen LogP contribution in [-0.4, -0.2) is 44.2 Å². The first-order chi connectivity index (χ1) is 8.70. The minimum absolute atomic E-state index is 0.853. The van der Waals surface area contributed by atoms with Gasteiger partial charge in [0.25, 0.3) is 0 Å². The minimum Gasteiger partial charge on any atom is -0.497 e. The highest BCUT2D eigenvalue weighted by Crippen LogP contribution is 2.25. The molecule has 0 saturated carbocycles. The summed E-state index contributed by atoms with van der Waals surface area (Å²) in [6.07, 6.45) is 1.83. The Morgan fingerprint density at radius 3 is 2.83 bits per heavy atom. The van der Waals surface area contributed by atoms with E-state index < -0.39 is 0 Å². The summed E-state index contributed by atoms with van der Waals surface area (Å²) in [5.41, 5.74) is 0. The van der Waals surface area contributed by atoms with Crippen LogP contribution in [-0.2, 0) is 0 Å². The molecule has 2 rings (SSSR count). The molecule has 1 heterocycles. The summed E-state index contributed by atoms with van der Waals surface area (Å²) in [4.78, 5) is 6.53. The number of likely N-dealkylation sites (N-methyl/N-ethyl adjacent to an activating group) is 1. The lowest BCUT2D eigenvalue weighted by Gasteiger charge is -2.12. The topological polar surface area (TPSA) is 37.4 Å². The van der Waals surface area contributed by atoms with Crippen molar-refractivity contribution in [3.8, 4) is 5.75 Å². The molecular formula is C14H19N3O. The molecule has 1 aromatic carbocycles. The number of hydrogen-bond donors (Lipinski definition) is 1. The van der Waals surface area contributed by atoms with E-state index in [1.165, 1.54) is 0 Å². The monoisotopic (exact) mass is 245 g/mol. The second-order valence-electron chi connectivity index (χ2n) is 4.48. The van der Waals surface area contributed by atoms with Crippen molar-refractivity contribution in [1.29, 1.82) is 0 Å². The van der Waals surface area contributed by atoms with E-state index in [0.717, 1.165) is 35.4 Å². The van der Waals surface area contributed by atoms with Crippen molar-refractivity contribution in [2.45, 2.75) is 0 Å². The lowest BCUT2D eigenvalue weighted by Crippen LogP contribution is -2.21. The van der Waals surface area contributed by atoms with Crippen LogP contribution in [0.1, 0.15) is 0 Å². The molecule has 0 spiro atoms. The van der Waals surface area contributed by atoms with E-state index >= 15 is 0 Å². The van der Waals surface area contributed by atoms with Gasteiger partial charge in [-0.1, -0.05) is 6.07 Å². The van der Waals surface area contributed by atoms with Crippen LogP contribution in [0.25, 0.3) is 10.8 Å². The van der Waals surface area contributed by atoms with Crippen LogP contribution in [0.4, 0.5) is 5.82 Å². The van der Waals surface area contributed by atoms with Gasteiger partial charge < -0.3 is 15.0 Å². The Bertz CT molecular complexity index is 525. The number of aromatic nitrogens is 1. The van der Waals surface area contributed by atoms with Crippen LogP contribution >= 0.6 is 0 Å². The fourth-order valence-corrected chi connectivity index (χ4v) is 1.81. The minimum atomic E-state index is 0.853. The van der Waals surface area contributed by atoms with Gasteiger partial charge in [-0.3, -0.25) is 0 Å². The molecule has 0 unspecified atom stereocenters. The molecule has 0 aliphatic rings. The molecule has 0 saturated heterocycles. The summed E-state index contributed by atoms with van der Waals surface area (Å²) in [5, 5.41) is 5.62. The van der Waals surface area contributed by atoms with Crippen molar-refractivity contribution in [3.63, 3.8) is 0 Å². The molecule has 1 aromatic heterocycles. The Morgan fingerprint density at radius 2 is 2.11 bits per heavy atom. The van der Waals surface area contributed by atoms with Gasteiger partial charge in [-0.15, -0.1) is 0 Å². The Morgan fingerprint density at radius 1 is 1.28 bits per heavy atom. The fraction of sp³-hybridized carbons (Fsp3) is 0.357. The molecule has 0 atom stereocenters. The molecule has 0 radical (unpaired) electrons. The maximum Gasteiger partial charge on any atom is 0.133 e. The number of benzene rings is 1. The highest BCUT2D eigenvalue weighted by molar-refractivity contribution is 5.92. The number of nitrogens with one attached hydrogen (secondary N) is 1. The molecule has 4 nitrogen and oxygen atoms in total. The van der Waals surface area contributed by atoms with Crippen molar-refractivity contribution in [3.05, 3.63) is 30.5 Å². The third-order valence-electron chi connectivity index (χ3n) is 2.82. The van der Waals surface area contributed by atoms with E-state index in [-0.39, 0.29) is 0 Å². The Labute approximate surface area is 108 Å². The van der Waals surface area contributed by atoms with E-state index in [1.807, 2.05) is 30.5 Å². The summed E-state index contributed by atoms with van der Waals surface area (Å²) in [7, 11) is 5.79. The van der Waals surface area contributed by atoms with Gasteiger partial charge >= 0.3 is 0 Å². The summed E-state index contributed by atoms with van der Waals surface area (Å²) >= 11 is 0. The van der Waals surface area contributed by atoms with Gasteiger partial charge in [0.05, 0.1) is 7.11 Å². The average molecular weight is 245 g/mol. The van der Waals surface area contributed by atoms with E-state index in [0.29, 0.717) is 0 Å². The first kappa shape index (κ1) is 12.6. The Balaban J connectivity index is 2.25. The molecule has 0 fully saturated rings. The number of anilines is 1. The third kappa shape index (κ3) is 2.90. The second-order valence-corrected chi connectivity index (χ2v) is 4.48. The van der Waals surface area contributed by atoms with Crippen LogP contribution in [0, 0.1) is 0 Å².